The Morgan fingerprint density at radius 3 is 2.63 bits per heavy atom. The molecule has 0 aromatic rings. The fourth-order valence-electron chi connectivity index (χ4n) is 2.23. The zero-order chi connectivity index (χ0) is 14.4. The quantitative estimate of drug-likeness (QED) is 0.663. The van der Waals surface area contributed by atoms with E-state index in [0.29, 0.717) is 25.8 Å². The molecule has 1 aliphatic heterocycles. The van der Waals surface area contributed by atoms with E-state index in [1.165, 1.54) is 11.9 Å². The zero-order valence-corrected chi connectivity index (χ0v) is 11.3. The summed E-state index contributed by atoms with van der Waals surface area (Å²) in [5.41, 5.74) is 0. The Bertz CT molecular complexity index is 359. The highest BCUT2D eigenvalue weighted by molar-refractivity contribution is 5.89. The molecular formula is C12H21N3O4. The lowest BCUT2D eigenvalue weighted by Gasteiger charge is -2.25. The van der Waals surface area contributed by atoms with E-state index in [2.05, 4.69) is 10.6 Å². The van der Waals surface area contributed by atoms with Crippen molar-refractivity contribution < 1.29 is 19.5 Å². The summed E-state index contributed by atoms with van der Waals surface area (Å²) < 4.78 is 0. The minimum Gasteiger partial charge on any atom is -0.480 e. The Balaban J connectivity index is 2.65. The molecule has 1 aliphatic rings. The third kappa shape index (κ3) is 3.84. The number of amides is 3. The smallest absolute Gasteiger partial charge is 0.326 e. The van der Waals surface area contributed by atoms with E-state index in [9.17, 15) is 14.4 Å². The van der Waals surface area contributed by atoms with Crippen LogP contribution in [0.25, 0.3) is 0 Å². The van der Waals surface area contributed by atoms with Crippen LogP contribution in [0.1, 0.15) is 32.6 Å². The summed E-state index contributed by atoms with van der Waals surface area (Å²) >= 11 is 0. The Morgan fingerprint density at radius 2 is 2.11 bits per heavy atom. The van der Waals surface area contributed by atoms with Gasteiger partial charge < -0.3 is 20.6 Å². The third-order valence-corrected chi connectivity index (χ3v) is 3.24. The summed E-state index contributed by atoms with van der Waals surface area (Å²) in [7, 11) is 1.52. The standard InChI is InChI=1S/C12H21N3O4/c1-3-5-8(11(17)18)14-12(19)15-7-4-6-9(15)10(16)13-2/h8-9H,3-7H2,1-2H3,(H,13,16)(H,14,19)(H,17,18)/t8-,9?/m0/s1. The molecule has 1 fully saturated rings. The van der Waals surface area contributed by atoms with Gasteiger partial charge in [0.15, 0.2) is 0 Å². The van der Waals surface area contributed by atoms with E-state index in [4.69, 9.17) is 5.11 Å². The molecule has 108 valence electrons. The van der Waals surface area contributed by atoms with Crippen molar-refractivity contribution in [2.45, 2.75) is 44.7 Å². The van der Waals surface area contributed by atoms with Crippen LogP contribution in [0.2, 0.25) is 0 Å². The summed E-state index contributed by atoms with van der Waals surface area (Å²) in [5.74, 6) is -1.26. The van der Waals surface area contributed by atoms with Crippen LogP contribution in [0.5, 0.6) is 0 Å². The molecule has 1 rings (SSSR count). The van der Waals surface area contributed by atoms with Crippen LogP contribution in [0.15, 0.2) is 0 Å². The van der Waals surface area contributed by atoms with E-state index < -0.39 is 24.1 Å². The second-order valence-electron chi connectivity index (χ2n) is 4.59. The van der Waals surface area contributed by atoms with Crippen LogP contribution in [0.3, 0.4) is 0 Å². The summed E-state index contributed by atoms with van der Waals surface area (Å²) in [5, 5.41) is 14.0. The van der Waals surface area contributed by atoms with Gasteiger partial charge in [0.2, 0.25) is 5.91 Å². The first kappa shape index (κ1) is 15.3. The lowest BCUT2D eigenvalue weighted by atomic mass is 10.1. The van der Waals surface area contributed by atoms with Crippen LogP contribution < -0.4 is 10.6 Å². The number of aliphatic carboxylic acids is 1. The van der Waals surface area contributed by atoms with Gasteiger partial charge in [0.05, 0.1) is 0 Å². The van der Waals surface area contributed by atoms with Gasteiger partial charge in [0, 0.05) is 13.6 Å². The van der Waals surface area contributed by atoms with Gasteiger partial charge in [-0.2, -0.15) is 0 Å². The molecule has 7 heteroatoms. The first-order chi connectivity index (χ1) is 9.01. The molecule has 7 nitrogen and oxygen atoms in total. The number of likely N-dealkylation sites (tertiary alicyclic amines) is 1. The highest BCUT2D eigenvalue weighted by Gasteiger charge is 2.34. The first-order valence-electron chi connectivity index (χ1n) is 6.52. The van der Waals surface area contributed by atoms with Crippen molar-refractivity contribution in [2.75, 3.05) is 13.6 Å². The second-order valence-corrected chi connectivity index (χ2v) is 4.59. The van der Waals surface area contributed by atoms with Crippen molar-refractivity contribution in [1.29, 1.82) is 0 Å². The van der Waals surface area contributed by atoms with Crippen molar-refractivity contribution >= 4 is 17.9 Å². The monoisotopic (exact) mass is 271 g/mol. The molecule has 0 spiro atoms. The summed E-state index contributed by atoms with van der Waals surface area (Å²) in [6.45, 7) is 2.33. The van der Waals surface area contributed by atoms with Crippen LogP contribution in [-0.2, 0) is 9.59 Å². The lowest BCUT2D eigenvalue weighted by Crippen LogP contribution is -2.52. The molecule has 0 saturated carbocycles. The number of carbonyl (C=O) groups is 3. The van der Waals surface area contributed by atoms with Gasteiger partial charge in [0.25, 0.3) is 0 Å². The average molecular weight is 271 g/mol. The molecule has 0 aromatic carbocycles. The fraction of sp³-hybridized carbons (Fsp3) is 0.750. The molecule has 0 aliphatic carbocycles. The van der Waals surface area contributed by atoms with Crippen LogP contribution >= 0.6 is 0 Å². The fourth-order valence-corrected chi connectivity index (χ4v) is 2.23. The minimum atomic E-state index is -1.05. The van der Waals surface area contributed by atoms with E-state index in [1.54, 1.807) is 0 Å². The van der Waals surface area contributed by atoms with Gasteiger partial charge >= 0.3 is 12.0 Å². The number of carbonyl (C=O) groups excluding carboxylic acids is 2. The Labute approximate surface area is 112 Å². The lowest BCUT2D eigenvalue weighted by molar-refractivity contribution is -0.139. The van der Waals surface area contributed by atoms with E-state index in [0.717, 1.165) is 6.42 Å². The number of rotatable bonds is 5. The zero-order valence-electron chi connectivity index (χ0n) is 11.3. The van der Waals surface area contributed by atoms with Gasteiger partial charge in [-0.25, -0.2) is 9.59 Å². The molecular weight excluding hydrogens is 250 g/mol. The maximum absolute atomic E-state index is 12.0. The van der Waals surface area contributed by atoms with Crippen molar-refractivity contribution in [1.82, 2.24) is 15.5 Å². The number of hydrogen-bond acceptors (Lipinski definition) is 3. The number of carboxylic acid groups (broad SMARTS) is 1. The van der Waals surface area contributed by atoms with Crippen LogP contribution in [-0.4, -0.2) is 53.6 Å². The second kappa shape index (κ2) is 6.96. The maximum Gasteiger partial charge on any atom is 0.326 e. The number of hydrogen-bond donors (Lipinski definition) is 3. The molecule has 19 heavy (non-hydrogen) atoms. The van der Waals surface area contributed by atoms with Gasteiger partial charge in [0.1, 0.15) is 12.1 Å². The number of likely N-dealkylation sites (N-methyl/N-ethyl adjacent to an activating group) is 1. The Hall–Kier alpha value is -1.79. The average Bonchev–Trinajstić information content (AvgIpc) is 2.86. The molecule has 1 saturated heterocycles. The number of nitrogens with zero attached hydrogens (tertiary/aromatic N) is 1. The number of nitrogens with one attached hydrogen (secondary N) is 2. The molecule has 1 heterocycles. The van der Waals surface area contributed by atoms with E-state index >= 15 is 0 Å². The molecule has 3 amide bonds. The first-order valence-corrected chi connectivity index (χ1v) is 6.52. The predicted molar refractivity (Wildman–Crippen MR) is 68.7 cm³/mol. The van der Waals surface area contributed by atoms with Gasteiger partial charge in [-0.1, -0.05) is 13.3 Å². The predicted octanol–water partition coefficient (Wildman–Crippen LogP) is 0.160. The van der Waals surface area contributed by atoms with E-state index in [1.807, 2.05) is 6.92 Å². The maximum atomic E-state index is 12.0. The summed E-state index contributed by atoms with van der Waals surface area (Å²) in [6.07, 6.45) is 2.39. The number of urea groups is 1. The van der Waals surface area contributed by atoms with Crippen molar-refractivity contribution in [3.05, 3.63) is 0 Å². The Kier molecular flexibility index (Phi) is 5.59. The highest BCUT2D eigenvalue weighted by Crippen LogP contribution is 2.17. The van der Waals surface area contributed by atoms with Gasteiger partial charge in [-0.15, -0.1) is 0 Å². The SMILES string of the molecule is CCC[C@H](NC(=O)N1CCCC1C(=O)NC)C(=O)O. The highest BCUT2D eigenvalue weighted by atomic mass is 16.4. The number of carboxylic acids is 1. The van der Waals surface area contributed by atoms with Crippen LogP contribution in [0, 0.1) is 0 Å². The third-order valence-electron chi connectivity index (χ3n) is 3.24. The summed E-state index contributed by atoms with van der Waals surface area (Å²) in [4.78, 5) is 36.1. The Morgan fingerprint density at radius 1 is 1.42 bits per heavy atom. The topological polar surface area (TPSA) is 98.7 Å². The molecule has 0 radical (unpaired) electrons. The summed E-state index contributed by atoms with van der Waals surface area (Å²) in [6, 6.07) is -1.88. The van der Waals surface area contributed by atoms with Gasteiger partial charge in [-0.05, 0) is 19.3 Å². The van der Waals surface area contributed by atoms with E-state index in [-0.39, 0.29) is 5.91 Å². The normalized spacial score (nSPS) is 19.9. The van der Waals surface area contributed by atoms with Crippen molar-refractivity contribution in [3.8, 4) is 0 Å². The molecule has 0 aromatic heterocycles. The van der Waals surface area contributed by atoms with Gasteiger partial charge in [-0.3, -0.25) is 4.79 Å². The largest absolute Gasteiger partial charge is 0.480 e. The molecule has 3 N–H and O–H groups in total. The molecule has 1 unspecified atom stereocenters. The van der Waals surface area contributed by atoms with Crippen molar-refractivity contribution in [3.63, 3.8) is 0 Å². The minimum absolute atomic E-state index is 0.213. The molecule has 2 atom stereocenters. The van der Waals surface area contributed by atoms with Crippen LogP contribution in [0.4, 0.5) is 4.79 Å². The van der Waals surface area contributed by atoms with Crippen molar-refractivity contribution in [2.24, 2.45) is 0 Å². The molecule has 0 bridgehead atoms.